The number of nitrogen functional groups attached to an aromatic ring is 1. The van der Waals surface area contributed by atoms with Crippen molar-refractivity contribution in [1.82, 2.24) is 4.98 Å². The van der Waals surface area contributed by atoms with Crippen molar-refractivity contribution in [3.8, 4) is 5.19 Å². The molecule has 104 valence electrons. The lowest BCUT2D eigenvalue weighted by Gasteiger charge is -2.13. The van der Waals surface area contributed by atoms with Gasteiger partial charge in [0.1, 0.15) is 0 Å². The number of anilines is 1. The lowest BCUT2D eigenvalue weighted by molar-refractivity contribution is 0.233. The largest absolute Gasteiger partial charge is 0.470 e. The molecule has 0 fully saturated rings. The quantitative estimate of drug-likeness (QED) is 0.760. The molecule has 0 amide bonds. The van der Waals surface area contributed by atoms with Crippen LogP contribution in [0.5, 0.6) is 5.19 Å². The first-order valence-corrected chi connectivity index (χ1v) is 7.83. The van der Waals surface area contributed by atoms with Crippen molar-refractivity contribution >= 4 is 27.2 Å². The minimum absolute atomic E-state index is 0.636. The van der Waals surface area contributed by atoms with Gasteiger partial charge in [0.2, 0.25) is 0 Å². The van der Waals surface area contributed by atoms with Crippen LogP contribution in [0.4, 0.5) is 5.69 Å². The first kappa shape index (κ1) is 14.1. The van der Waals surface area contributed by atoms with Crippen LogP contribution in [0, 0.1) is 5.92 Å². The van der Waals surface area contributed by atoms with Crippen molar-refractivity contribution in [3.63, 3.8) is 0 Å². The van der Waals surface area contributed by atoms with E-state index in [-0.39, 0.29) is 0 Å². The first-order valence-electron chi connectivity index (χ1n) is 7.01. The maximum absolute atomic E-state index is 5.85. The van der Waals surface area contributed by atoms with Crippen molar-refractivity contribution in [2.45, 2.75) is 39.5 Å². The maximum Gasteiger partial charge on any atom is 0.274 e. The van der Waals surface area contributed by atoms with Crippen LogP contribution < -0.4 is 10.5 Å². The Hall–Kier alpha value is -1.29. The fourth-order valence-electron chi connectivity index (χ4n) is 2.07. The van der Waals surface area contributed by atoms with E-state index in [4.69, 9.17) is 10.5 Å². The summed E-state index contributed by atoms with van der Waals surface area (Å²) in [5.41, 5.74) is 7.51. The molecule has 2 N–H and O–H groups in total. The molecule has 2 rings (SSSR count). The zero-order valence-corrected chi connectivity index (χ0v) is 12.5. The molecular formula is C15H22N2OS. The zero-order valence-electron chi connectivity index (χ0n) is 11.7. The molecular weight excluding hydrogens is 256 g/mol. The Kier molecular flexibility index (Phi) is 5.02. The Labute approximate surface area is 118 Å². The van der Waals surface area contributed by atoms with Crippen LogP contribution >= 0.6 is 11.3 Å². The summed E-state index contributed by atoms with van der Waals surface area (Å²) in [4.78, 5) is 4.48. The number of fused-ring (bicyclic) bond motifs is 1. The highest BCUT2D eigenvalue weighted by Gasteiger charge is 2.10. The second-order valence-electron chi connectivity index (χ2n) is 4.93. The van der Waals surface area contributed by atoms with Gasteiger partial charge in [-0.25, -0.2) is 4.98 Å². The van der Waals surface area contributed by atoms with Crippen molar-refractivity contribution in [2.24, 2.45) is 5.92 Å². The van der Waals surface area contributed by atoms with Gasteiger partial charge in [0, 0.05) is 5.69 Å². The summed E-state index contributed by atoms with van der Waals surface area (Å²) in [5.74, 6) is 0.636. The molecule has 1 atom stereocenters. The Morgan fingerprint density at radius 3 is 2.95 bits per heavy atom. The topological polar surface area (TPSA) is 48.1 Å². The van der Waals surface area contributed by atoms with E-state index in [0.717, 1.165) is 34.1 Å². The number of hydrogen-bond donors (Lipinski definition) is 1. The van der Waals surface area contributed by atoms with Crippen LogP contribution in [-0.4, -0.2) is 11.6 Å². The van der Waals surface area contributed by atoms with Crippen LogP contribution in [0.3, 0.4) is 0 Å². The van der Waals surface area contributed by atoms with E-state index >= 15 is 0 Å². The molecule has 0 aliphatic carbocycles. The van der Waals surface area contributed by atoms with Gasteiger partial charge in [-0.05, 0) is 30.5 Å². The third-order valence-corrected chi connectivity index (χ3v) is 4.31. The van der Waals surface area contributed by atoms with E-state index in [1.54, 1.807) is 11.3 Å². The molecule has 0 aliphatic rings. The van der Waals surface area contributed by atoms with Gasteiger partial charge in [-0.1, -0.05) is 44.4 Å². The number of hydrogen-bond acceptors (Lipinski definition) is 4. The van der Waals surface area contributed by atoms with E-state index in [1.165, 1.54) is 19.3 Å². The maximum atomic E-state index is 5.85. The lowest BCUT2D eigenvalue weighted by Crippen LogP contribution is -2.11. The smallest absolute Gasteiger partial charge is 0.274 e. The van der Waals surface area contributed by atoms with E-state index in [2.05, 4.69) is 18.8 Å². The predicted octanol–water partition coefficient (Wildman–Crippen LogP) is 4.47. The summed E-state index contributed by atoms with van der Waals surface area (Å²) < 4.78 is 6.94. The van der Waals surface area contributed by atoms with E-state index in [9.17, 15) is 0 Å². The molecule has 19 heavy (non-hydrogen) atoms. The van der Waals surface area contributed by atoms with Gasteiger partial charge in [-0.15, -0.1) is 0 Å². The summed E-state index contributed by atoms with van der Waals surface area (Å²) in [7, 11) is 0. The molecule has 1 aromatic heterocycles. The highest BCUT2D eigenvalue weighted by atomic mass is 32.1. The standard InChI is InChI=1S/C15H22N2OS/c1-3-5-6-11(4-2)10-18-15-17-13-8-7-12(16)9-14(13)19-15/h7-9,11H,3-6,10,16H2,1-2H3. The predicted molar refractivity (Wildman–Crippen MR) is 82.8 cm³/mol. The van der Waals surface area contributed by atoms with Crippen LogP contribution in [0.1, 0.15) is 39.5 Å². The number of benzene rings is 1. The summed E-state index contributed by atoms with van der Waals surface area (Å²) in [6.07, 6.45) is 4.93. The molecule has 1 heterocycles. The first-order chi connectivity index (χ1) is 9.22. The third-order valence-electron chi connectivity index (χ3n) is 3.38. The molecule has 0 aliphatic heterocycles. The van der Waals surface area contributed by atoms with E-state index < -0.39 is 0 Å². The van der Waals surface area contributed by atoms with Crippen LogP contribution in [0.2, 0.25) is 0 Å². The second kappa shape index (κ2) is 6.75. The number of unbranched alkanes of at least 4 members (excludes halogenated alkanes) is 1. The number of rotatable bonds is 7. The number of nitrogens with two attached hydrogens (primary N) is 1. The molecule has 0 radical (unpaired) electrons. The van der Waals surface area contributed by atoms with E-state index in [0.29, 0.717) is 5.92 Å². The van der Waals surface area contributed by atoms with Crippen molar-refractivity contribution < 1.29 is 4.74 Å². The number of nitrogens with zero attached hydrogens (tertiary/aromatic N) is 1. The Morgan fingerprint density at radius 2 is 2.21 bits per heavy atom. The highest BCUT2D eigenvalue weighted by Crippen LogP contribution is 2.29. The number of ether oxygens (including phenoxy) is 1. The monoisotopic (exact) mass is 278 g/mol. The van der Waals surface area contributed by atoms with Gasteiger partial charge in [0.25, 0.3) is 5.19 Å². The SMILES string of the molecule is CCCCC(CC)COc1nc2ccc(N)cc2s1. The molecule has 1 unspecified atom stereocenters. The van der Waals surface area contributed by atoms with Gasteiger partial charge in [0.05, 0.1) is 16.8 Å². The molecule has 0 bridgehead atoms. The summed E-state index contributed by atoms with van der Waals surface area (Å²) in [6.45, 7) is 5.22. The molecule has 2 aromatic rings. The number of aromatic nitrogens is 1. The number of thiazole rings is 1. The Morgan fingerprint density at radius 1 is 1.37 bits per heavy atom. The minimum Gasteiger partial charge on any atom is -0.470 e. The van der Waals surface area contributed by atoms with Crippen molar-refractivity contribution in [3.05, 3.63) is 18.2 Å². The summed E-state index contributed by atoms with van der Waals surface area (Å²) >= 11 is 1.57. The molecule has 0 saturated heterocycles. The van der Waals surface area contributed by atoms with Crippen LogP contribution in [0.15, 0.2) is 18.2 Å². The normalized spacial score (nSPS) is 12.7. The minimum atomic E-state index is 0.636. The van der Waals surface area contributed by atoms with E-state index in [1.807, 2.05) is 18.2 Å². The fourth-order valence-corrected chi connectivity index (χ4v) is 2.94. The average molecular weight is 278 g/mol. The van der Waals surface area contributed by atoms with Crippen molar-refractivity contribution in [1.29, 1.82) is 0 Å². The summed E-state index contributed by atoms with van der Waals surface area (Å²) in [6, 6.07) is 5.78. The van der Waals surface area contributed by atoms with Crippen LogP contribution in [0.25, 0.3) is 10.2 Å². The van der Waals surface area contributed by atoms with Gasteiger partial charge < -0.3 is 10.5 Å². The molecule has 4 heteroatoms. The molecule has 3 nitrogen and oxygen atoms in total. The van der Waals surface area contributed by atoms with Gasteiger partial charge in [0.15, 0.2) is 0 Å². The average Bonchev–Trinajstić information content (AvgIpc) is 2.81. The second-order valence-corrected chi connectivity index (χ2v) is 5.93. The molecule has 0 spiro atoms. The lowest BCUT2D eigenvalue weighted by atomic mass is 10.0. The zero-order chi connectivity index (χ0) is 13.7. The van der Waals surface area contributed by atoms with Gasteiger partial charge in [-0.3, -0.25) is 0 Å². The van der Waals surface area contributed by atoms with Gasteiger partial charge >= 0.3 is 0 Å². The van der Waals surface area contributed by atoms with Crippen LogP contribution in [-0.2, 0) is 0 Å². The van der Waals surface area contributed by atoms with Crippen molar-refractivity contribution in [2.75, 3.05) is 12.3 Å². The Bertz CT molecular complexity index is 524. The summed E-state index contributed by atoms with van der Waals surface area (Å²) in [5, 5.41) is 0.760. The fraction of sp³-hybridized carbons (Fsp3) is 0.533. The van der Waals surface area contributed by atoms with Gasteiger partial charge in [-0.2, -0.15) is 0 Å². The molecule has 1 aromatic carbocycles. The Balaban J connectivity index is 1.97. The molecule has 0 saturated carbocycles. The third kappa shape index (κ3) is 3.83. The highest BCUT2D eigenvalue weighted by molar-refractivity contribution is 7.20.